The van der Waals surface area contributed by atoms with Crippen LogP contribution in [0.15, 0.2) is 53.1 Å². The summed E-state index contributed by atoms with van der Waals surface area (Å²) < 4.78 is 5.39. The van der Waals surface area contributed by atoms with E-state index in [-0.39, 0.29) is 11.3 Å². The lowest BCUT2D eigenvalue weighted by atomic mass is 9.92. The van der Waals surface area contributed by atoms with Gasteiger partial charge in [0, 0.05) is 11.8 Å². The van der Waals surface area contributed by atoms with Gasteiger partial charge in [0.05, 0.1) is 17.3 Å². The summed E-state index contributed by atoms with van der Waals surface area (Å²) in [6, 6.07) is 12.5. The van der Waals surface area contributed by atoms with Gasteiger partial charge in [-0.05, 0) is 29.7 Å². The average molecular weight is 351 g/mol. The minimum absolute atomic E-state index is 0.162. The number of furan rings is 1. The summed E-state index contributed by atoms with van der Waals surface area (Å²) in [5, 5.41) is 0.699. The maximum atomic E-state index is 12.7. The van der Waals surface area contributed by atoms with Crippen molar-refractivity contribution in [2.75, 3.05) is 0 Å². The molecule has 0 saturated carbocycles. The molecule has 6 heteroatoms. The predicted octanol–water partition coefficient (Wildman–Crippen LogP) is 3.69. The third kappa shape index (κ3) is 4.08. The van der Waals surface area contributed by atoms with Crippen LogP contribution in [0.1, 0.15) is 37.6 Å². The first-order chi connectivity index (χ1) is 12.3. The molecule has 3 aromatic rings. The van der Waals surface area contributed by atoms with Gasteiger partial charge in [-0.1, -0.05) is 39.0 Å². The van der Waals surface area contributed by atoms with E-state index in [2.05, 4.69) is 15.8 Å². The van der Waals surface area contributed by atoms with E-state index < -0.39 is 5.91 Å². The number of fused-ring (bicyclic) bond motifs is 1. The lowest BCUT2D eigenvalue weighted by Crippen LogP contribution is -2.42. The molecule has 0 aliphatic heterocycles. The van der Waals surface area contributed by atoms with Crippen LogP contribution < -0.4 is 10.9 Å². The van der Waals surface area contributed by atoms with E-state index in [1.807, 2.05) is 45.0 Å². The average Bonchev–Trinajstić information content (AvgIpc) is 3.12. The Balaban J connectivity index is 1.88. The Kier molecular flexibility index (Phi) is 4.75. The van der Waals surface area contributed by atoms with Crippen molar-refractivity contribution in [1.29, 1.82) is 0 Å². The molecule has 2 amide bonds. The van der Waals surface area contributed by atoms with Gasteiger partial charge in [0.2, 0.25) is 5.91 Å². The van der Waals surface area contributed by atoms with E-state index in [1.54, 1.807) is 24.5 Å². The number of para-hydroxylation sites is 1. The summed E-state index contributed by atoms with van der Waals surface area (Å²) in [5.74, 6) is -0.0734. The molecule has 0 spiro atoms. The van der Waals surface area contributed by atoms with Gasteiger partial charge in [-0.15, -0.1) is 0 Å². The summed E-state index contributed by atoms with van der Waals surface area (Å²) >= 11 is 0. The molecular weight excluding hydrogens is 330 g/mol. The zero-order chi connectivity index (χ0) is 18.7. The van der Waals surface area contributed by atoms with Gasteiger partial charge in [-0.25, -0.2) is 4.98 Å². The summed E-state index contributed by atoms with van der Waals surface area (Å²) in [6.45, 7) is 5.88. The number of carbonyl (C=O) groups is 2. The Labute approximate surface area is 151 Å². The van der Waals surface area contributed by atoms with E-state index >= 15 is 0 Å². The molecule has 0 aliphatic carbocycles. The zero-order valence-corrected chi connectivity index (χ0v) is 15.0. The molecule has 134 valence electrons. The van der Waals surface area contributed by atoms with Crippen LogP contribution in [0.4, 0.5) is 0 Å². The van der Waals surface area contributed by atoms with Crippen molar-refractivity contribution >= 4 is 22.7 Å². The smallest absolute Gasteiger partial charge is 0.270 e. The van der Waals surface area contributed by atoms with Crippen molar-refractivity contribution in [2.24, 2.45) is 5.41 Å². The lowest BCUT2D eigenvalue weighted by molar-refractivity contribution is -0.123. The largest absolute Gasteiger partial charge is 0.463 e. The standard InChI is InChI=1S/C20H21N3O3/c1-20(2,3)12-18(24)22-23-19(25)14-11-16(17-9-6-10-26-17)21-15-8-5-4-7-13(14)15/h4-11H,12H2,1-3H3,(H,22,24)(H,23,25). The van der Waals surface area contributed by atoms with Crippen LogP contribution in [-0.4, -0.2) is 16.8 Å². The molecule has 2 heterocycles. The second-order valence-corrected chi connectivity index (χ2v) is 7.29. The number of hydrazine groups is 1. The Hall–Kier alpha value is -3.15. The predicted molar refractivity (Wildman–Crippen MR) is 99.1 cm³/mol. The van der Waals surface area contributed by atoms with Crippen LogP contribution in [0.5, 0.6) is 0 Å². The lowest BCUT2D eigenvalue weighted by Gasteiger charge is -2.17. The molecule has 0 aliphatic rings. The molecule has 2 aromatic heterocycles. The highest BCUT2D eigenvalue weighted by molar-refractivity contribution is 6.07. The first-order valence-corrected chi connectivity index (χ1v) is 8.36. The van der Waals surface area contributed by atoms with Crippen LogP contribution in [0.3, 0.4) is 0 Å². The zero-order valence-electron chi connectivity index (χ0n) is 15.0. The van der Waals surface area contributed by atoms with Gasteiger partial charge in [0.25, 0.3) is 5.91 Å². The van der Waals surface area contributed by atoms with Crippen LogP contribution in [-0.2, 0) is 4.79 Å². The number of benzene rings is 1. The molecule has 6 nitrogen and oxygen atoms in total. The number of nitrogens with one attached hydrogen (secondary N) is 2. The van der Waals surface area contributed by atoms with E-state index in [4.69, 9.17) is 4.42 Å². The highest BCUT2D eigenvalue weighted by atomic mass is 16.3. The molecule has 2 N–H and O–H groups in total. The van der Waals surface area contributed by atoms with E-state index in [0.717, 1.165) is 0 Å². The Morgan fingerprint density at radius 3 is 2.54 bits per heavy atom. The molecule has 0 saturated heterocycles. The van der Waals surface area contributed by atoms with E-state index in [1.165, 1.54) is 0 Å². The third-order valence-corrected chi connectivity index (χ3v) is 3.74. The maximum absolute atomic E-state index is 12.7. The number of rotatable bonds is 3. The van der Waals surface area contributed by atoms with Crippen LogP contribution in [0.25, 0.3) is 22.4 Å². The fraction of sp³-hybridized carbons (Fsp3) is 0.250. The molecule has 0 unspecified atom stereocenters. The molecule has 0 bridgehead atoms. The van der Waals surface area contributed by atoms with E-state index in [0.29, 0.717) is 34.3 Å². The summed E-state index contributed by atoms with van der Waals surface area (Å²) in [6.07, 6.45) is 1.86. The highest BCUT2D eigenvalue weighted by Crippen LogP contribution is 2.25. The fourth-order valence-corrected chi connectivity index (χ4v) is 2.63. The van der Waals surface area contributed by atoms with Gasteiger partial charge in [-0.2, -0.15) is 0 Å². The summed E-state index contributed by atoms with van der Waals surface area (Å²) in [7, 11) is 0. The minimum Gasteiger partial charge on any atom is -0.463 e. The quantitative estimate of drug-likeness (QED) is 0.705. The summed E-state index contributed by atoms with van der Waals surface area (Å²) in [5.41, 5.74) is 6.45. The first kappa shape index (κ1) is 17.7. The fourth-order valence-electron chi connectivity index (χ4n) is 2.63. The van der Waals surface area contributed by atoms with Crippen LogP contribution in [0, 0.1) is 5.41 Å². The van der Waals surface area contributed by atoms with Gasteiger partial charge < -0.3 is 4.42 Å². The number of carbonyl (C=O) groups excluding carboxylic acids is 2. The minimum atomic E-state index is -0.404. The van der Waals surface area contributed by atoms with E-state index in [9.17, 15) is 9.59 Å². The van der Waals surface area contributed by atoms with Crippen molar-refractivity contribution in [3.8, 4) is 11.5 Å². The number of nitrogens with zero attached hydrogens (tertiary/aromatic N) is 1. The molecule has 3 rings (SSSR count). The van der Waals surface area contributed by atoms with Crippen molar-refractivity contribution in [2.45, 2.75) is 27.2 Å². The molecule has 1 aromatic carbocycles. The first-order valence-electron chi connectivity index (χ1n) is 8.36. The molecule has 26 heavy (non-hydrogen) atoms. The monoisotopic (exact) mass is 351 g/mol. The number of hydrogen-bond acceptors (Lipinski definition) is 4. The number of hydrogen-bond donors (Lipinski definition) is 2. The second kappa shape index (κ2) is 7.00. The number of pyridine rings is 1. The van der Waals surface area contributed by atoms with Gasteiger partial charge >= 0.3 is 0 Å². The summed E-state index contributed by atoms with van der Waals surface area (Å²) in [4.78, 5) is 29.2. The molecule has 0 atom stereocenters. The van der Waals surface area contributed by atoms with Crippen molar-refractivity contribution in [1.82, 2.24) is 15.8 Å². The van der Waals surface area contributed by atoms with Crippen LogP contribution >= 0.6 is 0 Å². The topological polar surface area (TPSA) is 84.2 Å². The molecular formula is C20H21N3O3. The van der Waals surface area contributed by atoms with Crippen molar-refractivity contribution in [3.05, 3.63) is 54.3 Å². The molecule has 0 radical (unpaired) electrons. The van der Waals surface area contributed by atoms with Gasteiger partial charge in [0.15, 0.2) is 5.76 Å². The van der Waals surface area contributed by atoms with Crippen LogP contribution in [0.2, 0.25) is 0 Å². The third-order valence-electron chi connectivity index (χ3n) is 3.74. The van der Waals surface area contributed by atoms with Crippen molar-refractivity contribution < 1.29 is 14.0 Å². The second-order valence-electron chi connectivity index (χ2n) is 7.29. The normalized spacial score (nSPS) is 11.3. The SMILES string of the molecule is CC(C)(C)CC(=O)NNC(=O)c1cc(-c2ccco2)nc2ccccc12. The van der Waals surface area contributed by atoms with Crippen molar-refractivity contribution in [3.63, 3.8) is 0 Å². The Bertz CT molecular complexity index is 941. The highest BCUT2D eigenvalue weighted by Gasteiger charge is 2.18. The Morgan fingerprint density at radius 2 is 1.85 bits per heavy atom. The number of aromatic nitrogens is 1. The van der Waals surface area contributed by atoms with Gasteiger partial charge in [0.1, 0.15) is 5.69 Å². The number of amides is 2. The Morgan fingerprint density at radius 1 is 1.08 bits per heavy atom. The maximum Gasteiger partial charge on any atom is 0.270 e. The molecule has 0 fully saturated rings. The van der Waals surface area contributed by atoms with Gasteiger partial charge in [-0.3, -0.25) is 20.4 Å².